The Morgan fingerprint density at radius 2 is 2.00 bits per heavy atom. The van der Waals surface area contributed by atoms with Crippen LogP contribution in [0.15, 0.2) is 40.9 Å². The first kappa shape index (κ1) is 14.9. The van der Waals surface area contributed by atoms with Gasteiger partial charge in [0.25, 0.3) is 0 Å². The maximum Gasteiger partial charge on any atom is 0.128 e. The Morgan fingerprint density at radius 3 is 2.76 bits per heavy atom. The first-order valence-corrected chi connectivity index (χ1v) is 7.99. The number of hydrogen-bond acceptors (Lipinski definition) is 1. The summed E-state index contributed by atoms with van der Waals surface area (Å²) in [5, 5.41) is -0.517. The molecule has 2 aromatic rings. The minimum Gasteiger partial charge on any atom is -0.487 e. The molecule has 0 aliphatic carbocycles. The summed E-state index contributed by atoms with van der Waals surface area (Å²) >= 11 is 9.84. The van der Waals surface area contributed by atoms with Gasteiger partial charge in [0.15, 0.2) is 0 Å². The van der Waals surface area contributed by atoms with Gasteiger partial charge in [-0.1, -0.05) is 28.1 Å². The van der Waals surface area contributed by atoms with Crippen molar-refractivity contribution in [3.05, 3.63) is 63.4 Å². The Bertz CT molecular complexity index is 699. The molecule has 110 valence electrons. The molecule has 1 atom stereocenters. The number of hydrogen-bond donors (Lipinski definition) is 0. The van der Waals surface area contributed by atoms with Gasteiger partial charge in [-0.25, -0.2) is 4.39 Å². The van der Waals surface area contributed by atoms with Gasteiger partial charge in [0, 0.05) is 16.5 Å². The minimum atomic E-state index is -0.517. The Kier molecular flexibility index (Phi) is 3.74. The molecule has 1 aliphatic rings. The molecule has 0 saturated heterocycles. The van der Waals surface area contributed by atoms with Crippen LogP contribution in [0.25, 0.3) is 0 Å². The topological polar surface area (TPSA) is 9.23 Å². The number of rotatable bonds is 2. The molecule has 4 heteroatoms. The van der Waals surface area contributed by atoms with Gasteiger partial charge in [0.2, 0.25) is 0 Å². The van der Waals surface area contributed by atoms with Crippen molar-refractivity contribution in [3.63, 3.8) is 0 Å². The van der Waals surface area contributed by atoms with Gasteiger partial charge in [-0.05, 0) is 49.2 Å². The lowest BCUT2D eigenvalue weighted by molar-refractivity contribution is 0.138. The molecule has 1 aliphatic heterocycles. The van der Waals surface area contributed by atoms with E-state index in [1.54, 1.807) is 12.1 Å². The number of benzene rings is 2. The number of ether oxygens (including phenoxy) is 1. The second-order valence-corrected chi connectivity index (χ2v) is 7.29. The molecule has 0 N–H and O–H groups in total. The molecule has 1 heterocycles. The standard InChI is InChI=1S/C17H15BrClFO/c1-17(2)9-11-7-10(3-6-15(11)21-17)16(19)13-8-12(18)4-5-14(13)20/h3-8,16H,9H2,1-2H3. The molecule has 0 radical (unpaired) electrons. The predicted octanol–water partition coefficient (Wildman–Crippen LogP) is 5.63. The summed E-state index contributed by atoms with van der Waals surface area (Å²) in [7, 11) is 0. The van der Waals surface area contributed by atoms with Crippen molar-refractivity contribution in [1.29, 1.82) is 0 Å². The molecule has 21 heavy (non-hydrogen) atoms. The SMILES string of the molecule is CC1(C)Cc2cc(C(Cl)c3cc(Br)ccc3F)ccc2O1. The van der Waals surface area contributed by atoms with Gasteiger partial charge < -0.3 is 4.74 Å². The summed E-state index contributed by atoms with van der Waals surface area (Å²) in [6.45, 7) is 4.11. The Balaban J connectivity index is 1.97. The van der Waals surface area contributed by atoms with E-state index >= 15 is 0 Å². The highest BCUT2D eigenvalue weighted by molar-refractivity contribution is 9.10. The van der Waals surface area contributed by atoms with Crippen LogP contribution in [0.2, 0.25) is 0 Å². The van der Waals surface area contributed by atoms with E-state index in [9.17, 15) is 4.39 Å². The molecular weight excluding hydrogens is 355 g/mol. The molecule has 0 bridgehead atoms. The van der Waals surface area contributed by atoms with Gasteiger partial charge in [0.05, 0.1) is 5.38 Å². The zero-order chi connectivity index (χ0) is 15.2. The fourth-order valence-electron chi connectivity index (χ4n) is 2.68. The zero-order valence-corrected chi connectivity index (χ0v) is 14.1. The van der Waals surface area contributed by atoms with Crippen LogP contribution < -0.4 is 4.74 Å². The average molecular weight is 370 g/mol. The van der Waals surface area contributed by atoms with E-state index < -0.39 is 5.38 Å². The molecule has 0 aromatic heterocycles. The second-order valence-electron chi connectivity index (χ2n) is 5.93. The van der Waals surface area contributed by atoms with Crippen LogP contribution in [0.5, 0.6) is 5.75 Å². The van der Waals surface area contributed by atoms with Gasteiger partial charge in [0.1, 0.15) is 17.2 Å². The monoisotopic (exact) mass is 368 g/mol. The van der Waals surface area contributed by atoms with Crippen molar-refractivity contribution in [2.45, 2.75) is 31.2 Å². The van der Waals surface area contributed by atoms with E-state index in [1.165, 1.54) is 6.07 Å². The molecule has 0 spiro atoms. The molecule has 0 saturated carbocycles. The fourth-order valence-corrected chi connectivity index (χ4v) is 3.36. The quantitative estimate of drug-likeness (QED) is 0.623. The maximum absolute atomic E-state index is 14.0. The zero-order valence-electron chi connectivity index (χ0n) is 11.8. The van der Waals surface area contributed by atoms with Crippen molar-refractivity contribution >= 4 is 27.5 Å². The van der Waals surface area contributed by atoms with Crippen LogP contribution in [-0.4, -0.2) is 5.60 Å². The van der Waals surface area contributed by atoms with Gasteiger partial charge in [-0.3, -0.25) is 0 Å². The Labute approximate surface area is 137 Å². The van der Waals surface area contributed by atoms with Crippen molar-refractivity contribution in [2.24, 2.45) is 0 Å². The number of alkyl halides is 1. The minimum absolute atomic E-state index is 0.191. The van der Waals surface area contributed by atoms with Crippen molar-refractivity contribution in [3.8, 4) is 5.75 Å². The summed E-state index contributed by atoms with van der Waals surface area (Å²) in [6.07, 6.45) is 0.834. The largest absolute Gasteiger partial charge is 0.487 e. The number of fused-ring (bicyclic) bond motifs is 1. The molecule has 3 rings (SSSR count). The summed E-state index contributed by atoms with van der Waals surface area (Å²) < 4.78 is 20.6. The molecular formula is C17H15BrClFO. The van der Waals surface area contributed by atoms with Crippen LogP contribution in [-0.2, 0) is 6.42 Å². The van der Waals surface area contributed by atoms with Crippen LogP contribution in [0.3, 0.4) is 0 Å². The van der Waals surface area contributed by atoms with Crippen molar-refractivity contribution < 1.29 is 9.13 Å². The van der Waals surface area contributed by atoms with Crippen molar-refractivity contribution in [2.75, 3.05) is 0 Å². The molecule has 1 nitrogen and oxygen atoms in total. The third-order valence-electron chi connectivity index (χ3n) is 3.61. The van der Waals surface area contributed by atoms with Crippen LogP contribution in [0, 0.1) is 5.82 Å². The molecule has 2 aromatic carbocycles. The van der Waals surface area contributed by atoms with Crippen LogP contribution in [0.4, 0.5) is 4.39 Å². The lowest BCUT2D eigenvalue weighted by Crippen LogP contribution is -2.24. The van der Waals surface area contributed by atoms with E-state index in [0.717, 1.165) is 27.8 Å². The van der Waals surface area contributed by atoms with Gasteiger partial charge >= 0.3 is 0 Å². The fraction of sp³-hybridized carbons (Fsp3) is 0.294. The van der Waals surface area contributed by atoms with E-state index in [-0.39, 0.29) is 11.4 Å². The molecule has 1 unspecified atom stereocenters. The van der Waals surface area contributed by atoms with Gasteiger partial charge in [-0.2, -0.15) is 0 Å². The summed E-state index contributed by atoms with van der Waals surface area (Å²) in [6, 6.07) is 10.7. The normalized spacial score (nSPS) is 17.2. The van der Waals surface area contributed by atoms with E-state index in [1.807, 2.05) is 18.2 Å². The highest BCUT2D eigenvalue weighted by Gasteiger charge is 2.30. The van der Waals surface area contributed by atoms with E-state index in [4.69, 9.17) is 16.3 Å². The lowest BCUT2D eigenvalue weighted by atomic mass is 9.97. The third kappa shape index (κ3) is 2.95. The Morgan fingerprint density at radius 1 is 1.24 bits per heavy atom. The molecule has 0 fully saturated rings. The molecule has 0 amide bonds. The summed E-state index contributed by atoms with van der Waals surface area (Å²) in [5.41, 5.74) is 2.29. The highest BCUT2D eigenvalue weighted by Crippen LogP contribution is 2.39. The van der Waals surface area contributed by atoms with Crippen LogP contribution >= 0.6 is 27.5 Å². The van der Waals surface area contributed by atoms with Crippen molar-refractivity contribution in [1.82, 2.24) is 0 Å². The van der Waals surface area contributed by atoms with Crippen LogP contribution in [0.1, 0.15) is 35.9 Å². The second kappa shape index (κ2) is 5.29. The average Bonchev–Trinajstić information content (AvgIpc) is 2.73. The summed E-state index contributed by atoms with van der Waals surface area (Å²) in [5.74, 6) is 0.595. The first-order valence-electron chi connectivity index (χ1n) is 6.76. The Hall–Kier alpha value is -1.06. The predicted molar refractivity (Wildman–Crippen MR) is 86.6 cm³/mol. The summed E-state index contributed by atoms with van der Waals surface area (Å²) in [4.78, 5) is 0. The highest BCUT2D eigenvalue weighted by atomic mass is 79.9. The smallest absolute Gasteiger partial charge is 0.128 e. The number of halogens is 3. The third-order valence-corrected chi connectivity index (χ3v) is 4.59. The van der Waals surface area contributed by atoms with E-state index in [2.05, 4.69) is 29.8 Å². The first-order chi connectivity index (χ1) is 9.85. The van der Waals surface area contributed by atoms with E-state index in [0.29, 0.717) is 5.56 Å². The van der Waals surface area contributed by atoms with Gasteiger partial charge in [-0.15, -0.1) is 11.6 Å². The lowest BCUT2D eigenvalue weighted by Gasteiger charge is -2.16. The maximum atomic E-state index is 14.0.